The maximum absolute atomic E-state index is 10.6. The Labute approximate surface area is 132 Å². The lowest BCUT2D eigenvalue weighted by atomic mass is 10.2. The number of carboxylic acids is 1. The van der Waals surface area contributed by atoms with E-state index in [0.717, 1.165) is 16.4 Å². The van der Waals surface area contributed by atoms with E-state index in [-0.39, 0.29) is 5.69 Å². The summed E-state index contributed by atoms with van der Waals surface area (Å²) in [5, 5.41) is 10.7. The van der Waals surface area contributed by atoms with Crippen LogP contribution in [0.25, 0.3) is 21.9 Å². The highest BCUT2D eigenvalue weighted by Crippen LogP contribution is 2.11. The van der Waals surface area contributed by atoms with Crippen LogP contribution in [0.15, 0.2) is 73.1 Å². The number of nitrogens with zero attached hydrogens (tertiary/aromatic N) is 3. The molecule has 0 atom stereocenters. The molecule has 5 nitrogen and oxygen atoms in total. The first-order chi connectivity index (χ1) is 11.2. The number of hydrogen-bond acceptors (Lipinski definition) is 4. The molecule has 0 radical (unpaired) electrons. The van der Waals surface area contributed by atoms with Gasteiger partial charge < -0.3 is 5.11 Å². The number of aromatic carboxylic acids is 1. The number of rotatable bonds is 1. The van der Waals surface area contributed by atoms with E-state index in [2.05, 4.69) is 15.0 Å². The zero-order valence-corrected chi connectivity index (χ0v) is 12.1. The highest BCUT2D eigenvalue weighted by molar-refractivity contribution is 5.89. The van der Waals surface area contributed by atoms with Crippen LogP contribution < -0.4 is 0 Å². The van der Waals surface area contributed by atoms with Crippen LogP contribution in [0.3, 0.4) is 0 Å². The van der Waals surface area contributed by atoms with Gasteiger partial charge in [0.15, 0.2) is 5.65 Å². The Balaban J connectivity index is 0.000000140. The van der Waals surface area contributed by atoms with Crippen LogP contribution in [-0.4, -0.2) is 26.0 Å². The fraction of sp³-hybridized carbons (Fsp3) is 0. The quantitative estimate of drug-likeness (QED) is 0.582. The Morgan fingerprint density at radius 2 is 1.43 bits per heavy atom. The van der Waals surface area contributed by atoms with Crippen molar-refractivity contribution in [1.29, 1.82) is 0 Å². The summed E-state index contributed by atoms with van der Waals surface area (Å²) < 4.78 is 0. The van der Waals surface area contributed by atoms with E-state index in [1.807, 2.05) is 42.5 Å². The third kappa shape index (κ3) is 3.47. The topological polar surface area (TPSA) is 76.0 Å². The van der Waals surface area contributed by atoms with Crippen LogP contribution in [0.5, 0.6) is 0 Å². The molecule has 1 N–H and O–H groups in total. The van der Waals surface area contributed by atoms with E-state index < -0.39 is 5.97 Å². The van der Waals surface area contributed by atoms with Crippen molar-refractivity contribution < 1.29 is 9.90 Å². The minimum absolute atomic E-state index is 0.0821. The highest BCUT2D eigenvalue weighted by atomic mass is 16.4. The van der Waals surface area contributed by atoms with Gasteiger partial charge in [-0.15, -0.1) is 0 Å². The van der Waals surface area contributed by atoms with E-state index in [0.29, 0.717) is 5.52 Å². The molecule has 5 heteroatoms. The average Bonchev–Trinajstić information content (AvgIpc) is 2.62. The molecule has 0 saturated carbocycles. The van der Waals surface area contributed by atoms with Crippen LogP contribution in [-0.2, 0) is 0 Å². The molecule has 0 unspecified atom stereocenters. The molecular formula is C18H13N3O2. The van der Waals surface area contributed by atoms with Crippen molar-refractivity contribution in [2.45, 2.75) is 0 Å². The average molecular weight is 303 g/mol. The summed E-state index contributed by atoms with van der Waals surface area (Å²) in [4.78, 5) is 22.7. The number of fused-ring (bicyclic) bond motifs is 2. The molecule has 0 aliphatic carbocycles. The fourth-order valence-electron chi connectivity index (χ4n) is 2.09. The summed E-state index contributed by atoms with van der Waals surface area (Å²) >= 11 is 0. The largest absolute Gasteiger partial charge is 0.477 e. The van der Waals surface area contributed by atoms with Crippen LogP contribution >= 0.6 is 0 Å². The second kappa shape index (κ2) is 6.62. The van der Waals surface area contributed by atoms with Gasteiger partial charge in [0.05, 0.1) is 5.52 Å². The minimum Gasteiger partial charge on any atom is -0.477 e. The molecule has 3 heterocycles. The summed E-state index contributed by atoms with van der Waals surface area (Å²) in [5.74, 6) is -0.995. The third-order valence-corrected chi connectivity index (χ3v) is 3.19. The van der Waals surface area contributed by atoms with Gasteiger partial charge in [0, 0.05) is 23.2 Å². The molecule has 23 heavy (non-hydrogen) atoms. The van der Waals surface area contributed by atoms with Gasteiger partial charge in [0.2, 0.25) is 0 Å². The van der Waals surface area contributed by atoms with Gasteiger partial charge in [-0.1, -0.05) is 24.3 Å². The lowest BCUT2D eigenvalue weighted by Gasteiger charge is -1.97. The molecule has 0 aliphatic rings. The molecule has 0 fully saturated rings. The molecular weight excluding hydrogens is 290 g/mol. The predicted molar refractivity (Wildman–Crippen MR) is 88.2 cm³/mol. The van der Waals surface area contributed by atoms with Crippen LogP contribution in [0.4, 0.5) is 0 Å². The number of aromatic nitrogens is 3. The number of carbonyl (C=O) groups is 1. The van der Waals surface area contributed by atoms with Crippen molar-refractivity contribution in [3.63, 3.8) is 0 Å². The van der Waals surface area contributed by atoms with Crippen molar-refractivity contribution in [2.75, 3.05) is 0 Å². The number of hydrogen-bond donors (Lipinski definition) is 1. The van der Waals surface area contributed by atoms with Crippen molar-refractivity contribution in [1.82, 2.24) is 15.0 Å². The second-order valence-corrected chi connectivity index (χ2v) is 4.75. The zero-order valence-electron chi connectivity index (χ0n) is 12.1. The Kier molecular flexibility index (Phi) is 4.20. The summed E-state index contributed by atoms with van der Waals surface area (Å²) in [7, 11) is 0. The summed E-state index contributed by atoms with van der Waals surface area (Å²) in [6, 6.07) is 18.5. The summed E-state index contributed by atoms with van der Waals surface area (Å²) in [6.07, 6.45) is 3.49. The van der Waals surface area contributed by atoms with Crippen molar-refractivity contribution in [3.05, 3.63) is 78.8 Å². The molecule has 4 aromatic rings. The van der Waals surface area contributed by atoms with Crippen molar-refractivity contribution in [2.24, 2.45) is 0 Å². The van der Waals surface area contributed by atoms with Gasteiger partial charge in [0.1, 0.15) is 5.69 Å². The molecule has 112 valence electrons. The third-order valence-electron chi connectivity index (χ3n) is 3.19. The smallest absolute Gasteiger partial charge is 0.354 e. The molecule has 4 rings (SSSR count). The standard InChI is InChI=1S/C10H7NO2.C8H6N2/c12-10(13)9-6-5-7-3-1-2-4-8(7)11-9;1-3-7-4-2-6-10-8(7)9-5-1/h1-6H,(H,12,13);1-6H. The molecule has 0 aliphatic heterocycles. The van der Waals surface area contributed by atoms with Crippen LogP contribution in [0.2, 0.25) is 0 Å². The van der Waals surface area contributed by atoms with E-state index in [1.54, 1.807) is 24.5 Å². The van der Waals surface area contributed by atoms with Gasteiger partial charge in [-0.3, -0.25) is 0 Å². The first kappa shape index (κ1) is 14.6. The van der Waals surface area contributed by atoms with E-state index in [9.17, 15) is 4.79 Å². The predicted octanol–water partition coefficient (Wildman–Crippen LogP) is 3.56. The van der Waals surface area contributed by atoms with Gasteiger partial charge >= 0.3 is 5.97 Å². The van der Waals surface area contributed by atoms with E-state index >= 15 is 0 Å². The van der Waals surface area contributed by atoms with Crippen molar-refractivity contribution in [3.8, 4) is 0 Å². The molecule has 0 amide bonds. The maximum Gasteiger partial charge on any atom is 0.354 e. The van der Waals surface area contributed by atoms with Gasteiger partial charge in [-0.2, -0.15) is 0 Å². The Hall–Kier alpha value is -3.34. The monoisotopic (exact) mass is 303 g/mol. The zero-order chi connectivity index (χ0) is 16.1. The summed E-state index contributed by atoms with van der Waals surface area (Å²) in [5.41, 5.74) is 1.60. The molecule has 0 saturated heterocycles. The maximum atomic E-state index is 10.6. The number of pyridine rings is 3. The first-order valence-corrected chi connectivity index (χ1v) is 6.99. The number of carboxylic acid groups (broad SMARTS) is 1. The van der Waals surface area contributed by atoms with E-state index in [4.69, 9.17) is 5.11 Å². The van der Waals surface area contributed by atoms with Crippen LogP contribution in [0.1, 0.15) is 10.5 Å². The van der Waals surface area contributed by atoms with E-state index in [1.165, 1.54) is 6.07 Å². The first-order valence-electron chi connectivity index (χ1n) is 6.99. The Morgan fingerprint density at radius 3 is 2.09 bits per heavy atom. The van der Waals surface area contributed by atoms with Gasteiger partial charge in [-0.25, -0.2) is 19.7 Å². The van der Waals surface area contributed by atoms with Gasteiger partial charge in [-0.05, 0) is 36.4 Å². The number of benzene rings is 1. The lowest BCUT2D eigenvalue weighted by molar-refractivity contribution is 0.0691. The molecule has 1 aromatic carbocycles. The fourth-order valence-corrected chi connectivity index (χ4v) is 2.09. The normalized spacial score (nSPS) is 10.1. The highest BCUT2D eigenvalue weighted by Gasteiger charge is 2.03. The number of para-hydroxylation sites is 1. The van der Waals surface area contributed by atoms with Crippen molar-refractivity contribution >= 4 is 27.9 Å². The molecule has 0 bridgehead atoms. The van der Waals surface area contributed by atoms with Gasteiger partial charge in [0.25, 0.3) is 0 Å². The summed E-state index contributed by atoms with van der Waals surface area (Å²) in [6.45, 7) is 0. The second-order valence-electron chi connectivity index (χ2n) is 4.75. The molecule has 3 aromatic heterocycles. The Morgan fingerprint density at radius 1 is 0.783 bits per heavy atom. The molecule has 0 spiro atoms. The lowest BCUT2D eigenvalue weighted by Crippen LogP contribution is -1.99. The Bertz CT molecular complexity index is 905. The van der Waals surface area contributed by atoms with Crippen LogP contribution in [0, 0.1) is 0 Å². The minimum atomic E-state index is -0.995. The SMILES string of the molecule is O=C(O)c1ccc2ccccc2n1.c1cnc2ncccc2c1.